The quantitative estimate of drug-likeness (QED) is 0.725. The van der Waals surface area contributed by atoms with E-state index in [-0.39, 0.29) is 0 Å². The van der Waals surface area contributed by atoms with E-state index in [4.69, 9.17) is 0 Å². The molecule has 1 aliphatic heterocycles. The fourth-order valence-electron chi connectivity index (χ4n) is 1.55. The first kappa shape index (κ1) is 9.34. The number of hydrogen-bond acceptors (Lipinski definition) is 1. The summed E-state index contributed by atoms with van der Waals surface area (Å²) in [6.45, 7) is 1.81. The normalized spacial score (nSPS) is 19.1. The standard InChI is InChI=1S/C11H11F2N/c12-10-2-1-8(6-11(10)13)5-9-3-4-14-7-9/h1-2,5-6,14H,3-4,7H2/b9-5-. The van der Waals surface area contributed by atoms with Gasteiger partial charge < -0.3 is 5.32 Å². The summed E-state index contributed by atoms with van der Waals surface area (Å²) in [5.74, 6) is -1.58. The summed E-state index contributed by atoms with van der Waals surface area (Å²) in [5.41, 5.74) is 1.96. The minimum Gasteiger partial charge on any atom is -0.313 e. The molecule has 1 nitrogen and oxygen atoms in total. The highest BCUT2D eigenvalue weighted by atomic mass is 19.2. The lowest BCUT2D eigenvalue weighted by Crippen LogP contribution is -2.04. The van der Waals surface area contributed by atoms with E-state index >= 15 is 0 Å². The third-order valence-electron chi connectivity index (χ3n) is 2.29. The van der Waals surface area contributed by atoms with Gasteiger partial charge in [0.2, 0.25) is 0 Å². The van der Waals surface area contributed by atoms with Crippen LogP contribution in [0.2, 0.25) is 0 Å². The summed E-state index contributed by atoms with van der Waals surface area (Å²) >= 11 is 0. The van der Waals surface area contributed by atoms with Gasteiger partial charge in [-0.15, -0.1) is 0 Å². The monoisotopic (exact) mass is 195 g/mol. The van der Waals surface area contributed by atoms with Crippen molar-refractivity contribution >= 4 is 6.08 Å². The van der Waals surface area contributed by atoms with E-state index in [1.165, 1.54) is 11.6 Å². The molecular formula is C11H11F2N. The molecule has 0 bridgehead atoms. The van der Waals surface area contributed by atoms with Gasteiger partial charge in [0.25, 0.3) is 0 Å². The Morgan fingerprint density at radius 1 is 1.21 bits per heavy atom. The Bertz CT molecular complexity index is 364. The van der Waals surface area contributed by atoms with Crippen molar-refractivity contribution in [3.8, 4) is 0 Å². The fraction of sp³-hybridized carbons (Fsp3) is 0.273. The van der Waals surface area contributed by atoms with Crippen molar-refractivity contribution < 1.29 is 8.78 Å². The Balaban J connectivity index is 2.24. The molecule has 1 aliphatic rings. The Morgan fingerprint density at radius 2 is 2.07 bits per heavy atom. The van der Waals surface area contributed by atoms with Crippen LogP contribution in [0.4, 0.5) is 8.78 Å². The smallest absolute Gasteiger partial charge is 0.159 e. The average molecular weight is 195 g/mol. The van der Waals surface area contributed by atoms with Gasteiger partial charge in [0, 0.05) is 6.54 Å². The summed E-state index contributed by atoms with van der Waals surface area (Å²) in [7, 11) is 0. The van der Waals surface area contributed by atoms with Crippen molar-refractivity contribution in [2.45, 2.75) is 6.42 Å². The summed E-state index contributed by atoms with van der Waals surface area (Å²) in [4.78, 5) is 0. The molecular weight excluding hydrogens is 184 g/mol. The van der Waals surface area contributed by atoms with Gasteiger partial charge in [-0.2, -0.15) is 0 Å². The lowest BCUT2D eigenvalue weighted by atomic mass is 10.1. The van der Waals surface area contributed by atoms with E-state index in [1.807, 2.05) is 6.08 Å². The largest absolute Gasteiger partial charge is 0.313 e. The van der Waals surface area contributed by atoms with Gasteiger partial charge in [-0.25, -0.2) is 8.78 Å². The Hall–Kier alpha value is -1.22. The first-order valence-corrected chi connectivity index (χ1v) is 4.61. The van der Waals surface area contributed by atoms with Crippen molar-refractivity contribution in [2.24, 2.45) is 0 Å². The van der Waals surface area contributed by atoms with Crippen LogP contribution < -0.4 is 5.32 Å². The molecule has 1 aromatic rings. The molecule has 0 saturated carbocycles. The third kappa shape index (κ3) is 1.99. The zero-order chi connectivity index (χ0) is 9.97. The predicted molar refractivity (Wildman–Crippen MR) is 51.8 cm³/mol. The van der Waals surface area contributed by atoms with Crippen LogP contribution in [0.15, 0.2) is 23.8 Å². The van der Waals surface area contributed by atoms with Crippen LogP contribution in [0.3, 0.4) is 0 Å². The second-order valence-electron chi connectivity index (χ2n) is 3.40. The number of nitrogens with one attached hydrogen (secondary N) is 1. The molecule has 0 aromatic heterocycles. The first-order chi connectivity index (χ1) is 6.75. The molecule has 0 amide bonds. The second kappa shape index (κ2) is 3.88. The van der Waals surface area contributed by atoms with Crippen LogP contribution in [0.1, 0.15) is 12.0 Å². The first-order valence-electron chi connectivity index (χ1n) is 4.61. The zero-order valence-electron chi connectivity index (χ0n) is 7.69. The average Bonchev–Trinajstić information content (AvgIpc) is 2.64. The summed E-state index contributed by atoms with van der Waals surface area (Å²) in [5, 5.41) is 3.18. The van der Waals surface area contributed by atoms with Gasteiger partial charge in [0.15, 0.2) is 11.6 Å². The lowest BCUT2D eigenvalue weighted by Gasteiger charge is -1.98. The lowest BCUT2D eigenvalue weighted by molar-refractivity contribution is 0.508. The van der Waals surface area contributed by atoms with Crippen LogP contribution in [0, 0.1) is 11.6 Å². The van der Waals surface area contributed by atoms with Gasteiger partial charge in [0.05, 0.1) is 0 Å². The Kier molecular flexibility index (Phi) is 2.59. The van der Waals surface area contributed by atoms with Crippen molar-refractivity contribution in [3.05, 3.63) is 41.0 Å². The molecule has 0 atom stereocenters. The van der Waals surface area contributed by atoms with E-state index in [1.54, 1.807) is 6.07 Å². The van der Waals surface area contributed by atoms with Gasteiger partial charge in [-0.1, -0.05) is 17.7 Å². The number of hydrogen-bond donors (Lipinski definition) is 1. The molecule has 2 rings (SSSR count). The number of halogens is 2. The SMILES string of the molecule is Fc1ccc(/C=C2/CCNC2)cc1F. The second-order valence-corrected chi connectivity index (χ2v) is 3.40. The topological polar surface area (TPSA) is 12.0 Å². The van der Waals surface area contributed by atoms with Gasteiger partial charge >= 0.3 is 0 Å². The van der Waals surface area contributed by atoms with E-state index in [9.17, 15) is 8.78 Å². The number of rotatable bonds is 1. The van der Waals surface area contributed by atoms with E-state index < -0.39 is 11.6 Å². The molecule has 0 radical (unpaired) electrons. The van der Waals surface area contributed by atoms with Crippen LogP contribution in [-0.2, 0) is 0 Å². The zero-order valence-corrected chi connectivity index (χ0v) is 7.69. The van der Waals surface area contributed by atoms with E-state index in [2.05, 4.69) is 5.32 Å². The molecule has 0 spiro atoms. The predicted octanol–water partition coefficient (Wildman–Crippen LogP) is 2.34. The highest BCUT2D eigenvalue weighted by molar-refractivity contribution is 5.53. The maximum atomic E-state index is 12.8. The molecule has 1 saturated heterocycles. The molecule has 0 aliphatic carbocycles. The molecule has 3 heteroatoms. The number of benzene rings is 1. The molecule has 1 N–H and O–H groups in total. The Morgan fingerprint density at radius 3 is 2.71 bits per heavy atom. The summed E-state index contributed by atoms with van der Waals surface area (Å²) in [6.07, 6.45) is 2.89. The summed E-state index contributed by atoms with van der Waals surface area (Å²) in [6, 6.07) is 3.97. The maximum absolute atomic E-state index is 12.8. The van der Waals surface area contributed by atoms with Gasteiger partial charge in [-0.05, 0) is 30.7 Å². The van der Waals surface area contributed by atoms with Crippen molar-refractivity contribution in [1.29, 1.82) is 0 Å². The van der Waals surface area contributed by atoms with Crippen LogP contribution in [-0.4, -0.2) is 13.1 Å². The Labute approximate surface area is 81.4 Å². The molecule has 1 fully saturated rings. The van der Waals surface area contributed by atoms with Gasteiger partial charge in [0.1, 0.15) is 0 Å². The third-order valence-corrected chi connectivity index (χ3v) is 2.29. The summed E-state index contributed by atoms with van der Waals surface area (Å²) < 4.78 is 25.4. The van der Waals surface area contributed by atoms with Crippen LogP contribution >= 0.6 is 0 Å². The van der Waals surface area contributed by atoms with Crippen molar-refractivity contribution in [3.63, 3.8) is 0 Å². The van der Waals surface area contributed by atoms with Gasteiger partial charge in [-0.3, -0.25) is 0 Å². The van der Waals surface area contributed by atoms with Crippen molar-refractivity contribution in [2.75, 3.05) is 13.1 Å². The molecule has 74 valence electrons. The van der Waals surface area contributed by atoms with E-state index in [0.717, 1.165) is 31.1 Å². The molecule has 1 aromatic carbocycles. The van der Waals surface area contributed by atoms with Crippen LogP contribution in [0.25, 0.3) is 6.08 Å². The minimum absolute atomic E-state index is 0.725. The van der Waals surface area contributed by atoms with Crippen molar-refractivity contribution in [1.82, 2.24) is 5.32 Å². The van der Waals surface area contributed by atoms with E-state index in [0.29, 0.717) is 0 Å². The highest BCUT2D eigenvalue weighted by Crippen LogP contribution is 2.15. The van der Waals surface area contributed by atoms with Crippen LogP contribution in [0.5, 0.6) is 0 Å². The maximum Gasteiger partial charge on any atom is 0.159 e. The molecule has 1 heterocycles. The minimum atomic E-state index is -0.795. The highest BCUT2D eigenvalue weighted by Gasteiger charge is 2.06. The molecule has 14 heavy (non-hydrogen) atoms. The molecule has 0 unspecified atom stereocenters. The fourth-order valence-corrected chi connectivity index (χ4v) is 1.55.